The number of carbonyl (C=O) groups is 2. The number of halogens is 1. The molecule has 0 bridgehead atoms. The number of hydrazone groups is 1. The van der Waals surface area contributed by atoms with Crippen LogP contribution in [0.25, 0.3) is 0 Å². The highest BCUT2D eigenvalue weighted by Gasteiger charge is 2.34. The first-order valence-corrected chi connectivity index (χ1v) is 11.0. The third kappa shape index (κ3) is 5.88. The van der Waals surface area contributed by atoms with E-state index < -0.39 is 0 Å². The molecule has 1 aliphatic heterocycles. The van der Waals surface area contributed by atoms with Crippen LogP contribution in [-0.4, -0.2) is 48.1 Å². The summed E-state index contributed by atoms with van der Waals surface area (Å²) in [5, 5.41) is 6.80. The Morgan fingerprint density at radius 2 is 1.88 bits per heavy atom. The van der Waals surface area contributed by atoms with Crippen LogP contribution in [0.1, 0.15) is 50.8 Å². The largest absolute Gasteiger partial charge is 0.497 e. The van der Waals surface area contributed by atoms with E-state index in [0.29, 0.717) is 17.9 Å². The molecule has 0 N–H and O–H groups in total. The summed E-state index contributed by atoms with van der Waals surface area (Å²) < 4.78 is 5.34. The van der Waals surface area contributed by atoms with E-state index in [9.17, 15) is 9.59 Å². The van der Waals surface area contributed by atoms with E-state index in [-0.39, 0.29) is 29.8 Å². The zero-order chi connectivity index (χ0) is 23.5. The lowest BCUT2D eigenvalue weighted by Gasteiger charge is -2.26. The number of benzene rings is 2. The number of likely N-dealkylation sites (N-methyl/N-ethyl adjacent to an activating group) is 1. The molecule has 0 spiro atoms. The molecule has 32 heavy (non-hydrogen) atoms. The van der Waals surface area contributed by atoms with Gasteiger partial charge in [-0.15, -0.1) is 0 Å². The summed E-state index contributed by atoms with van der Waals surface area (Å²) >= 11 is 6.06. The fourth-order valence-corrected chi connectivity index (χ4v) is 3.74. The number of amides is 2. The topological polar surface area (TPSA) is 62.2 Å². The average Bonchev–Trinajstić information content (AvgIpc) is 3.18. The van der Waals surface area contributed by atoms with Gasteiger partial charge in [0.2, 0.25) is 5.91 Å². The van der Waals surface area contributed by atoms with Crippen molar-refractivity contribution in [2.75, 3.05) is 20.7 Å². The standard InChI is InChI=1S/C25H30ClN3O3/c1-25(2,3)15-23(30)28(4)16-24(31)29-22(17-9-11-19(26)12-10-17)14-21(27-29)18-7-6-8-20(13-18)32-5/h6-13,22H,14-16H2,1-5H3/t22-/m0/s1. The maximum atomic E-state index is 13.3. The normalized spacial score (nSPS) is 16.0. The van der Waals surface area contributed by atoms with E-state index >= 15 is 0 Å². The highest BCUT2D eigenvalue weighted by atomic mass is 35.5. The summed E-state index contributed by atoms with van der Waals surface area (Å²) in [6, 6.07) is 14.8. The van der Waals surface area contributed by atoms with Crippen LogP contribution in [0.4, 0.5) is 0 Å². The zero-order valence-electron chi connectivity index (χ0n) is 19.3. The fraction of sp³-hybridized carbons (Fsp3) is 0.400. The average molecular weight is 456 g/mol. The Morgan fingerprint density at radius 3 is 2.50 bits per heavy atom. The highest BCUT2D eigenvalue weighted by Crippen LogP contribution is 2.34. The minimum atomic E-state index is -0.271. The van der Waals surface area contributed by atoms with Gasteiger partial charge in [0.1, 0.15) is 12.3 Å². The number of nitrogens with zero attached hydrogens (tertiary/aromatic N) is 3. The van der Waals surface area contributed by atoms with Gasteiger partial charge in [-0.25, -0.2) is 5.01 Å². The van der Waals surface area contributed by atoms with Gasteiger partial charge in [0, 0.05) is 30.5 Å². The van der Waals surface area contributed by atoms with Crippen molar-refractivity contribution in [1.29, 1.82) is 0 Å². The van der Waals surface area contributed by atoms with Crippen molar-refractivity contribution in [2.24, 2.45) is 10.5 Å². The molecule has 6 nitrogen and oxygen atoms in total. The van der Waals surface area contributed by atoms with E-state index in [0.717, 1.165) is 22.6 Å². The maximum Gasteiger partial charge on any atom is 0.262 e. The molecule has 2 aromatic carbocycles. The zero-order valence-corrected chi connectivity index (χ0v) is 20.0. The van der Waals surface area contributed by atoms with Gasteiger partial charge < -0.3 is 9.64 Å². The third-order valence-electron chi connectivity index (χ3n) is 5.30. The van der Waals surface area contributed by atoms with Gasteiger partial charge in [-0.1, -0.05) is 56.6 Å². The van der Waals surface area contributed by atoms with Crippen LogP contribution in [0.15, 0.2) is 53.6 Å². The van der Waals surface area contributed by atoms with Crippen molar-refractivity contribution >= 4 is 29.1 Å². The number of hydrogen-bond acceptors (Lipinski definition) is 4. The Balaban J connectivity index is 1.86. The van der Waals surface area contributed by atoms with Crippen LogP contribution in [0.2, 0.25) is 5.02 Å². The second-order valence-corrected chi connectivity index (χ2v) is 9.71. The summed E-state index contributed by atoms with van der Waals surface area (Å²) in [4.78, 5) is 27.3. The van der Waals surface area contributed by atoms with Gasteiger partial charge in [0.15, 0.2) is 0 Å². The molecule has 0 aromatic heterocycles. The van der Waals surface area contributed by atoms with Crippen molar-refractivity contribution in [3.05, 3.63) is 64.7 Å². The van der Waals surface area contributed by atoms with Gasteiger partial charge in [-0.2, -0.15) is 5.10 Å². The van der Waals surface area contributed by atoms with Crippen molar-refractivity contribution in [2.45, 2.75) is 39.7 Å². The number of methoxy groups -OCH3 is 1. The Kier molecular flexibility index (Phi) is 7.24. The van der Waals surface area contributed by atoms with Gasteiger partial charge in [0.05, 0.1) is 18.9 Å². The predicted molar refractivity (Wildman–Crippen MR) is 127 cm³/mol. The molecule has 1 heterocycles. The Bertz CT molecular complexity index is 1010. The quantitative estimate of drug-likeness (QED) is 0.621. The van der Waals surface area contributed by atoms with E-state index in [1.165, 1.54) is 9.91 Å². The second kappa shape index (κ2) is 9.74. The van der Waals surface area contributed by atoms with Crippen molar-refractivity contribution in [3.63, 3.8) is 0 Å². The molecule has 1 aliphatic rings. The van der Waals surface area contributed by atoms with Gasteiger partial charge in [0.25, 0.3) is 5.91 Å². The molecule has 0 fully saturated rings. The lowest BCUT2D eigenvalue weighted by atomic mass is 9.92. The van der Waals surface area contributed by atoms with Gasteiger partial charge in [-0.05, 0) is 35.2 Å². The number of carbonyl (C=O) groups excluding carboxylic acids is 2. The van der Waals surface area contributed by atoms with Crippen molar-refractivity contribution < 1.29 is 14.3 Å². The van der Waals surface area contributed by atoms with Crippen LogP contribution >= 0.6 is 11.6 Å². The van der Waals surface area contributed by atoms with Crippen LogP contribution in [0, 0.1) is 5.41 Å². The summed E-state index contributed by atoms with van der Waals surface area (Å²) in [6.07, 6.45) is 0.927. The molecule has 0 saturated heterocycles. The molecule has 7 heteroatoms. The molecule has 0 saturated carbocycles. The predicted octanol–water partition coefficient (Wildman–Crippen LogP) is 4.92. The van der Waals surface area contributed by atoms with E-state index in [1.54, 1.807) is 14.2 Å². The number of rotatable bonds is 6. The monoisotopic (exact) mass is 455 g/mol. The smallest absolute Gasteiger partial charge is 0.262 e. The molecule has 2 aromatic rings. The fourth-order valence-electron chi connectivity index (χ4n) is 3.61. The summed E-state index contributed by atoms with van der Waals surface area (Å²) in [5.41, 5.74) is 2.48. The lowest BCUT2D eigenvalue weighted by Crippen LogP contribution is -2.40. The van der Waals surface area contributed by atoms with E-state index in [4.69, 9.17) is 16.3 Å². The summed E-state index contributed by atoms with van der Waals surface area (Å²) in [6.45, 7) is 5.97. The molecule has 0 aliphatic carbocycles. The number of ether oxygens (including phenoxy) is 1. The first-order chi connectivity index (χ1) is 15.1. The molecule has 170 valence electrons. The Hall–Kier alpha value is -2.86. The minimum Gasteiger partial charge on any atom is -0.497 e. The van der Waals surface area contributed by atoms with Crippen LogP contribution in [0.3, 0.4) is 0 Å². The SMILES string of the molecule is COc1cccc(C2=NN(C(=O)CN(C)C(=O)CC(C)(C)C)[C@H](c3ccc(Cl)cc3)C2)c1. The van der Waals surface area contributed by atoms with Gasteiger partial charge >= 0.3 is 0 Å². The lowest BCUT2D eigenvalue weighted by molar-refractivity contribution is -0.141. The van der Waals surface area contributed by atoms with Crippen LogP contribution in [-0.2, 0) is 9.59 Å². The summed E-state index contributed by atoms with van der Waals surface area (Å²) in [5.74, 6) is 0.434. The van der Waals surface area contributed by atoms with Crippen LogP contribution < -0.4 is 4.74 Å². The summed E-state index contributed by atoms with van der Waals surface area (Å²) in [7, 11) is 3.28. The number of hydrogen-bond donors (Lipinski definition) is 0. The highest BCUT2D eigenvalue weighted by molar-refractivity contribution is 6.30. The van der Waals surface area contributed by atoms with E-state index in [2.05, 4.69) is 5.10 Å². The molecule has 2 amide bonds. The Labute approximate surface area is 194 Å². The third-order valence-corrected chi connectivity index (χ3v) is 5.56. The first kappa shape index (κ1) is 23.8. The molecule has 3 rings (SSSR count). The van der Waals surface area contributed by atoms with Crippen LogP contribution in [0.5, 0.6) is 5.75 Å². The molecule has 1 atom stereocenters. The molecular weight excluding hydrogens is 426 g/mol. The van der Waals surface area contributed by atoms with Crippen molar-refractivity contribution in [3.8, 4) is 5.75 Å². The molecule has 0 radical (unpaired) electrons. The Morgan fingerprint density at radius 1 is 1.19 bits per heavy atom. The minimum absolute atomic E-state index is 0.0338. The molecule has 0 unspecified atom stereocenters. The second-order valence-electron chi connectivity index (χ2n) is 9.28. The van der Waals surface area contributed by atoms with E-state index in [1.807, 2.05) is 69.3 Å². The first-order valence-electron chi connectivity index (χ1n) is 10.6. The molecular formula is C25H30ClN3O3. The maximum absolute atomic E-state index is 13.3. The van der Waals surface area contributed by atoms with Crippen molar-refractivity contribution in [1.82, 2.24) is 9.91 Å². The van der Waals surface area contributed by atoms with Gasteiger partial charge in [-0.3, -0.25) is 9.59 Å².